The predicted molar refractivity (Wildman–Crippen MR) is 103 cm³/mol. The molecule has 1 aliphatic heterocycles. The van der Waals surface area contributed by atoms with Crippen molar-refractivity contribution in [2.45, 2.75) is 12.1 Å². The summed E-state index contributed by atoms with van der Waals surface area (Å²) in [5.74, 6) is 0.508. The number of rotatable bonds is 5. The quantitative estimate of drug-likeness (QED) is 0.561. The van der Waals surface area contributed by atoms with Crippen molar-refractivity contribution < 1.29 is 0 Å². The maximum absolute atomic E-state index is 5.98. The Labute approximate surface area is 151 Å². The zero-order chi connectivity index (χ0) is 18.0. The fraction of sp³-hybridized carbons (Fsp3) is 0.158. The van der Waals surface area contributed by atoms with Gasteiger partial charge in [0.05, 0.1) is 5.69 Å². The van der Waals surface area contributed by atoms with Crippen LogP contribution in [0.5, 0.6) is 0 Å². The molecule has 0 radical (unpaired) electrons. The Morgan fingerprint density at radius 1 is 1.12 bits per heavy atom. The molecule has 1 aromatic carbocycles. The number of nitrogens with one attached hydrogen (secondary N) is 2. The number of pyridine rings is 1. The van der Waals surface area contributed by atoms with E-state index in [9.17, 15) is 0 Å². The molecule has 7 nitrogen and oxygen atoms in total. The molecule has 1 unspecified atom stereocenters. The first-order valence-electron chi connectivity index (χ1n) is 8.51. The van der Waals surface area contributed by atoms with Crippen molar-refractivity contribution in [3.8, 4) is 11.3 Å². The van der Waals surface area contributed by atoms with Gasteiger partial charge in [0.25, 0.3) is 0 Å². The van der Waals surface area contributed by atoms with Gasteiger partial charge in [-0.1, -0.05) is 36.4 Å². The first-order chi connectivity index (χ1) is 12.7. The van der Waals surface area contributed by atoms with Crippen LogP contribution in [0.4, 0.5) is 5.95 Å². The fourth-order valence-corrected chi connectivity index (χ4v) is 3.15. The molecule has 0 saturated heterocycles. The Morgan fingerprint density at radius 3 is 2.73 bits per heavy atom. The largest absolute Gasteiger partial charge is 0.399 e. The third-order valence-corrected chi connectivity index (χ3v) is 4.33. The van der Waals surface area contributed by atoms with E-state index >= 15 is 0 Å². The van der Waals surface area contributed by atoms with E-state index in [0.29, 0.717) is 24.6 Å². The van der Waals surface area contributed by atoms with E-state index in [2.05, 4.69) is 32.8 Å². The zero-order valence-corrected chi connectivity index (χ0v) is 14.3. The summed E-state index contributed by atoms with van der Waals surface area (Å²) in [5, 5.41) is 11.3. The van der Waals surface area contributed by atoms with Crippen molar-refractivity contribution in [3.05, 3.63) is 72.6 Å². The lowest BCUT2D eigenvalue weighted by Crippen LogP contribution is -2.51. The fourth-order valence-electron chi connectivity index (χ4n) is 3.15. The van der Waals surface area contributed by atoms with Crippen molar-refractivity contribution in [2.24, 2.45) is 11.5 Å². The average Bonchev–Trinajstić information content (AvgIpc) is 3.04. The molecule has 0 bridgehead atoms. The van der Waals surface area contributed by atoms with Crippen LogP contribution >= 0.6 is 0 Å². The second-order valence-corrected chi connectivity index (χ2v) is 6.24. The van der Waals surface area contributed by atoms with Gasteiger partial charge >= 0.3 is 0 Å². The topological polar surface area (TPSA) is 106 Å². The Morgan fingerprint density at radius 2 is 1.96 bits per heavy atom. The monoisotopic (exact) mass is 347 g/mol. The van der Waals surface area contributed by atoms with Crippen LogP contribution in [0.3, 0.4) is 0 Å². The predicted octanol–water partition coefficient (Wildman–Crippen LogP) is 1.81. The van der Waals surface area contributed by atoms with E-state index < -0.39 is 5.66 Å². The molecule has 1 aliphatic rings. The van der Waals surface area contributed by atoms with Crippen molar-refractivity contribution in [3.63, 3.8) is 0 Å². The van der Waals surface area contributed by atoms with Crippen LogP contribution in [0.25, 0.3) is 16.9 Å². The standard InChI is InChI=1S/C19H21N7/c20-11-10-19(13-15(21)9-12-22-19)24-18-23-17-8-4-7-16(26(17)25-18)14-5-2-1-3-6-14/h1-9,12-13,22H,10-11,20-21H2,(H,24,25). The summed E-state index contributed by atoms with van der Waals surface area (Å²) in [4.78, 5) is 4.61. The highest BCUT2D eigenvalue weighted by molar-refractivity contribution is 5.63. The van der Waals surface area contributed by atoms with E-state index in [1.54, 1.807) is 6.08 Å². The molecule has 26 heavy (non-hydrogen) atoms. The molecular weight excluding hydrogens is 326 g/mol. The highest BCUT2D eigenvalue weighted by Gasteiger charge is 2.29. The molecular formula is C19H21N7. The van der Waals surface area contributed by atoms with Crippen molar-refractivity contribution in [1.29, 1.82) is 0 Å². The number of benzene rings is 1. The van der Waals surface area contributed by atoms with Gasteiger partial charge in [0.15, 0.2) is 5.65 Å². The number of nitrogens with zero attached hydrogens (tertiary/aromatic N) is 3. The van der Waals surface area contributed by atoms with Crippen molar-refractivity contribution in [2.75, 3.05) is 11.9 Å². The maximum atomic E-state index is 5.98. The molecule has 0 saturated carbocycles. The lowest BCUT2D eigenvalue weighted by Gasteiger charge is -2.34. The molecule has 6 N–H and O–H groups in total. The van der Waals surface area contributed by atoms with Gasteiger partial charge in [-0.15, -0.1) is 5.10 Å². The second kappa shape index (κ2) is 6.53. The lowest BCUT2D eigenvalue weighted by molar-refractivity contribution is 0.471. The highest BCUT2D eigenvalue weighted by Crippen LogP contribution is 2.23. The molecule has 0 spiro atoms. The summed E-state index contributed by atoms with van der Waals surface area (Å²) < 4.78 is 1.83. The summed E-state index contributed by atoms with van der Waals surface area (Å²) >= 11 is 0. The Hall–Kier alpha value is -3.32. The summed E-state index contributed by atoms with van der Waals surface area (Å²) in [6.45, 7) is 0.486. The summed E-state index contributed by atoms with van der Waals surface area (Å²) in [5.41, 5.74) is 14.7. The molecule has 3 heterocycles. The van der Waals surface area contributed by atoms with E-state index in [1.807, 2.05) is 53.2 Å². The minimum atomic E-state index is -0.606. The Balaban J connectivity index is 1.73. The minimum Gasteiger partial charge on any atom is -0.399 e. The van der Waals surface area contributed by atoms with Crippen molar-refractivity contribution in [1.82, 2.24) is 19.9 Å². The number of fused-ring (bicyclic) bond motifs is 1. The molecule has 7 heteroatoms. The third-order valence-electron chi connectivity index (χ3n) is 4.33. The third kappa shape index (κ3) is 3.00. The van der Waals surface area contributed by atoms with E-state index in [1.165, 1.54) is 0 Å². The molecule has 4 rings (SSSR count). The first-order valence-corrected chi connectivity index (χ1v) is 8.51. The highest BCUT2D eigenvalue weighted by atomic mass is 15.4. The van der Waals surface area contributed by atoms with Gasteiger partial charge in [0.2, 0.25) is 5.95 Å². The smallest absolute Gasteiger partial charge is 0.245 e. The molecule has 0 fully saturated rings. The Kier molecular flexibility index (Phi) is 4.06. The summed E-state index contributed by atoms with van der Waals surface area (Å²) in [6.07, 6.45) is 6.16. The number of hydrogen-bond acceptors (Lipinski definition) is 6. The van der Waals surface area contributed by atoms with E-state index in [-0.39, 0.29) is 0 Å². The number of dihydropyridines is 1. The van der Waals surface area contributed by atoms with E-state index in [4.69, 9.17) is 11.5 Å². The minimum absolute atomic E-state index is 0.486. The number of anilines is 1. The summed E-state index contributed by atoms with van der Waals surface area (Å²) in [6, 6.07) is 16.0. The molecule has 3 aromatic rings. The van der Waals surface area contributed by atoms with Gasteiger partial charge in [-0.05, 0) is 30.8 Å². The summed E-state index contributed by atoms with van der Waals surface area (Å²) in [7, 11) is 0. The number of hydrogen-bond donors (Lipinski definition) is 4. The van der Waals surface area contributed by atoms with Crippen LogP contribution < -0.4 is 22.1 Å². The second-order valence-electron chi connectivity index (χ2n) is 6.24. The van der Waals surface area contributed by atoms with Gasteiger partial charge in [0, 0.05) is 23.9 Å². The molecule has 0 amide bonds. The lowest BCUT2D eigenvalue weighted by atomic mass is 10.0. The van der Waals surface area contributed by atoms with Crippen LogP contribution in [-0.4, -0.2) is 26.8 Å². The van der Waals surface area contributed by atoms with Crippen LogP contribution in [0.2, 0.25) is 0 Å². The maximum Gasteiger partial charge on any atom is 0.245 e. The van der Waals surface area contributed by atoms with Gasteiger partial charge in [0.1, 0.15) is 5.66 Å². The van der Waals surface area contributed by atoms with Crippen LogP contribution in [0.15, 0.2) is 72.6 Å². The van der Waals surface area contributed by atoms with Crippen molar-refractivity contribution >= 4 is 11.6 Å². The van der Waals surface area contributed by atoms with Gasteiger partial charge in [-0.25, -0.2) is 4.52 Å². The van der Waals surface area contributed by atoms with Crippen LogP contribution in [-0.2, 0) is 0 Å². The zero-order valence-electron chi connectivity index (χ0n) is 14.3. The number of aromatic nitrogens is 3. The average molecular weight is 347 g/mol. The van der Waals surface area contributed by atoms with Gasteiger partial charge in [-0.2, -0.15) is 4.98 Å². The van der Waals surface area contributed by atoms with Gasteiger partial charge in [-0.3, -0.25) is 0 Å². The molecule has 0 aliphatic carbocycles. The molecule has 2 aromatic heterocycles. The molecule has 1 atom stereocenters. The number of nitrogens with two attached hydrogens (primary N) is 2. The normalized spacial score (nSPS) is 19.2. The van der Waals surface area contributed by atoms with Crippen LogP contribution in [0.1, 0.15) is 6.42 Å². The van der Waals surface area contributed by atoms with Gasteiger partial charge < -0.3 is 22.1 Å². The molecule has 132 valence electrons. The first kappa shape index (κ1) is 16.2. The number of allylic oxidation sites excluding steroid dienone is 1. The van der Waals surface area contributed by atoms with Crippen LogP contribution in [0, 0.1) is 0 Å². The van der Waals surface area contributed by atoms with E-state index in [0.717, 1.165) is 16.9 Å². The SMILES string of the molecule is NCCC1(Nc2nc3cccc(-c4ccccc4)n3n2)C=C(N)C=CN1. The Bertz CT molecular complexity index is 974.